The minimum absolute atomic E-state index is 0.00390. The average molecular weight is 367 g/mol. The Morgan fingerprint density at radius 3 is 2.59 bits per heavy atom. The third-order valence-electron chi connectivity index (χ3n) is 5.15. The maximum atomic E-state index is 12.7. The van der Waals surface area contributed by atoms with Crippen molar-refractivity contribution in [3.05, 3.63) is 47.8 Å². The number of nitrogens with zero attached hydrogens (tertiary/aromatic N) is 4. The second-order valence-electron chi connectivity index (χ2n) is 7.47. The zero-order chi connectivity index (χ0) is 18.8. The van der Waals surface area contributed by atoms with E-state index in [0.717, 1.165) is 23.7 Å². The number of amides is 3. The third-order valence-corrected chi connectivity index (χ3v) is 5.15. The topological polar surface area (TPSA) is 70.5 Å². The second-order valence-corrected chi connectivity index (χ2v) is 7.47. The molecule has 0 spiro atoms. The summed E-state index contributed by atoms with van der Waals surface area (Å²) in [5, 5.41) is 7.23. The summed E-state index contributed by atoms with van der Waals surface area (Å²) in [5.41, 5.74) is 2.53. The highest BCUT2D eigenvalue weighted by atomic mass is 16.2. The third kappa shape index (κ3) is 4.30. The van der Waals surface area contributed by atoms with Gasteiger partial charge in [-0.2, -0.15) is 5.10 Å². The van der Waals surface area contributed by atoms with Crippen LogP contribution in [-0.2, 0) is 6.54 Å². The van der Waals surface area contributed by atoms with Gasteiger partial charge in [0.25, 0.3) is 5.91 Å². The monoisotopic (exact) mass is 367 g/mol. The lowest BCUT2D eigenvalue weighted by Crippen LogP contribution is -2.51. The molecule has 2 fully saturated rings. The fraction of sp³-hybridized carbons (Fsp3) is 0.450. The van der Waals surface area contributed by atoms with E-state index in [1.54, 1.807) is 16.0 Å². The number of piperazine rings is 1. The predicted molar refractivity (Wildman–Crippen MR) is 103 cm³/mol. The van der Waals surface area contributed by atoms with E-state index in [1.807, 2.05) is 42.1 Å². The zero-order valence-electron chi connectivity index (χ0n) is 15.6. The Balaban J connectivity index is 1.29. The lowest BCUT2D eigenvalue weighted by Gasteiger charge is -2.34. The van der Waals surface area contributed by atoms with E-state index in [0.29, 0.717) is 31.7 Å². The van der Waals surface area contributed by atoms with E-state index in [-0.39, 0.29) is 11.9 Å². The van der Waals surface area contributed by atoms with E-state index in [9.17, 15) is 9.59 Å². The summed E-state index contributed by atoms with van der Waals surface area (Å²) < 4.78 is 1.87. The van der Waals surface area contributed by atoms with Crippen LogP contribution < -0.4 is 5.32 Å². The fourth-order valence-electron chi connectivity index (χ4n) is 3.36. The van der Waals surface area contributed by atoms with Crippen molar-refractivity contribution < 1.29 is 9.59 Å². The molecule has 2 aliphatic rings. The molecule has 1 saturated heterocycles. The molecule has 0 atom stereocenters. The van der Waals surface area contributed by atoms with E-state index < -0.39 is 0 Å². The molecular weight excluding hydrogens is 342 g/mol. The zero-order valence-corrected chi connectivity index (χ0v) is 15.6. The highest BCUT2D eigenvalue weighted by Gasteiger charge is 2.26. The molecule has 0 unspecified atom stereocenters. The number of aryl methyl sites for hydroxylation is 1. The lowest BCUT2D eigenvalue weighted by molar-refractivity contribution is 0.0671. The molecule has 3 amide bonds. The number of aromatic nitrogens is 2. The first-order valence-electron chi connectivity index (χ1n) is 9.53. The molecule has 0 radical (unpaired) electrons. The van der Waals surface area contributed by atoms with Crippen molar-refractivity contribution >= 4 is 17.6 Å². The number of rotatable bonds is 4. The van der Waals surface area contributed by atoms with Gasteiger partial charge in [0.05, 0.1) is 11.8 Å². The first-order valence-corrected chi connectivity index (χ1v) is 9.53. The summed E-state index contributed by atoms with van der Waals surface area (Å²) in [6.07, 6.45) is 6.02. The Morgan fingerprint density at radius 2 is 1.89 bits per heavy atom. The second kappa shape index (κ2) is 7.42. The summed E-state index contributed by atoms with van der Waals surface area (Å²) >= 11 is 0. The smallest absolute Gasteiger partial charge is 0.321 e. The first-order chi connectivity index (χ1) is 13.1. The van der Waals surface area contributed by atoms with Gasteiger partial charge in [0.2, 0.25) is 0 Å². The molecular formula is C20H25N5O2. The number of urea groups is 1. The van der Waals surface area contributed by atoms with Crippen molar-refractivity contribution in [2.75, 3.05) is 31.5 Å². The maximum absolute atomic E-state index is 12.7. The number of benzene rings is 1. The highest BCUT2D eigenvalue weighted by molar-refractivity contribution is 5.94. The first kappa shape index (κ1) is 17.6. The van der Waals surface area contributed by atoms with Crippen LogP contribution in [0.25, 0.3) is 0 Å². The van der Waals surface area contributed by atoms with Crippen LogP contribution in [0.1, 0.15) is 28.8 Å². The van der Waals surface area contributed by atoms with Gasteiger partial charge in [-0.15, -0.1) is 0 Å². The van der Waals surface area contributed by atoms with E-state index in [4.69, 9.17) is 0 Å². The molecule has 7 heteroatoms. The lowest BCUT2D eigenvalue weighted by atomic mass is 10.2. The molecule has 1 aliphatic heterocycles. The summed E-state index contributed by atoms with van der Waals surface area (Å²) in [4.78, 5) is 28.7. The standard InChI is InChI=1S/C20H25N5O2/c1-15-3-2-4-18(11-15)22-20(27)24-9-7-23(8-10-24)19(26)17-12-21-25(14-17)13-16-5-6-16/h2-4,11-12,14,16H,5-10,13H2,1H3,(H,22,27). The maximum Gasteiger partial charge on any atom is 0.321 e. The van der Waals surface area contributed by atoms with Gasteiger partial charge < -0.3 is 15.1 Å². The van der Waals surface area contributed by atoms with Crippen molar-refractivity contribution in [3.8, 4) is 0 Å². The number of hydrogen-bond donors (Lipinski definition) is 1. The quantitative estimate of drug-likeness (QED) is 0.903. The molecule has 4 rings (SSSR count). The van der Waals surface area contributed by atoms with Gasteiger partial charge in [-0.3, -0.25) is 9.48 Å². The number of hydrogen-bond acceptors (Lipinski definition) is 3. The summed E-state index contributed by atoms with van der Waals surface area (Å²) in [6, 6.07) is 7.61. The number of carbonyl (C=O) groups is 2. The van der Waals surface area contributed by atoms with Gasteiger partial charge in [-0.25, -0.2) is 4.79 Å². The predicted octanol–water partition coefficient (Wildman–Crippen LogP) is 2.59. The molecule has 1 N–H and O–H groups in total. The molecule has 1 aliphatic carbocycles. The SMILES string of the molecule is Cc1cccc(NC(=O)N2CCN(C(=O)c3cnn(CC4CC4)c3)CC2)c1. The Labute approximate surface area is 158 Å². The number of nitrogens with one attached hydrogen (secondary N) is 1. The molecule has 2 aromatic rings. The molecule has 27 heavy (non-hydrogen) atoms. The van der Waals surface area contributed by atoms with Gasteiger partial charge in [-0.1, -0.05) is 12.1 Å². The fourth-order valence-corrected chi connectivity index (χ4v) is 3.36. The summed E-state index contributed by atoms with van der Waals surface area (Å²) in [5.74, 6) is 0.721. The molecule has 2 heterocycles. The Morgan fingerprint density at radius 1 is 1.15 bits per heavy atom. The molecule has 1 aromatic carbocycles. The van der Waals surface area contributed by atoms with Gasteiger partial charge in [-0.05, 0) is 43.4 Å². The minimum Gasteiger partial charge on any atom is -0.335 e. The average Bonchev–Trinajstić information content (AvgIpc) is 3.36. The van der Waals surface area contributed by atoms with Crippen molar-refractivity contribution in [2.24, 2.45) is 5.92 Å². The minimum atomic E-state index is -0.120. The van der Waals surface area contributed by atoms with Gasteiger partial charge in [0.1, 0.15) is 0 Å². The molecule has 7 nitrogen and oxygen atoms in total. The van der Waals surface area contributed by atoms with Crippen LogP contribution in [-0.4, -0.2) is 57.7 Å². The van der Waals surface area contributed by atoms with Crippen LogP contribution in [0.3, 0.4) is 0 Å². The van der Waals surface area contributed by atoms with Crippen molar-refractivity contribution in [1.29, 1.82) is 0 Å². The Hall–Kier alpha value is -2.83. The molecule has 142 valence electrons. The number of carbonyl (C=O) groups excluding carboxylic acids is 2. The van der Waals surface area contributed by atoms with Gasteiger partial charge in [0.15, 0.2) is 0 Å². The molecule has 1 saturated carbocycles. The van der Waals surface area contributed by atoms with Gasteiger partial charge >= 0.3 is 6.03 Å². The van der Waals surface area contributed by atoms with Crippen LogP contribution in [0.2, 0.25) is 0 Å². The molecule has 0 bridgehead atoms. The van der Waals surface area contributed by atoms with Crippen LogP contribution in [0, 0.1) is 12.8 Å². The normalized spacial score (nSPS) is 17.1. The Kier molecular flexibility index (Phi) is 4.83. The summed E-state index contributed by atoms with van der Waals surface area (Å²) in [7, 11) is 0. The van der Waals surface area contributed by atoms with E-state index >= 15 is 0 Å². The highest BCUT2D eigenvalue weighted by Crippen LogP contribution is 2.30. The molecule has 1 aromatic heterocycles. The van der Waals surface area contributed by atoms with E-state index in [2.05, 4.69) is 10.4 Å². The van der Waals surface area contributed by atoms with Crippen molar-refractivity contribution in [3.63, 3.8) is 0 Å². The number of anilines is 1. The van der Waals surface area contributed by atoms with Crippen LogP contribution in [0.4, 0.5) is 10.5 Å². The van der Waals surface area contributed by atoms with Crippen LogP contribution >= 0.6 is 0 Å². The largest absolute Gasteiger partial charge is 0.335 e. The van der Waals surface area contributed by atoms with Crippen LogP contribution in [0.15, 0.2) is 36.7 Å². The van der Waals surface area contributed by atoms with Crippen molar-refractivity contribution in [2.45, 2.75) is 26.3 Å². The Bertz CT molecular complexity index is 834. The van der Waals surface area contributed by atoms with Crippen LogP contribution in [0.5, 0.6) is 0 Å². The van der Waals surface area contributed by atoms with E-state index in [1.165, 1.54) is 12.8 Å². The van der Waals surface area contributed by atoms with Gasteiger partial charge in [0, 0.05) is 44.6 Å². The summed E-state index contributed by atoms with van der Waals surface area (Å²) in [6.45, 7) is 5.02. The van der Waals surface area contributed by atoms with Crippen molar-refractivity contribution in [1.82, 2.24) is 19.6 Å².